The maximum Gasteiger partial charge on any atom is 0.123 e. The number of fused-ring (bicyclic) bond motifs is 2. The Morgan fingerprint density at radius 2 is 2.29 bits per heavy atom. The molecule has 2 N–H and O–H groups in total. The molecule has 4 heteroatoms. The Morgan fingerprint density at radius 1 is 1.47 bits per heavy atom. The van der Waals surface area contributed by atoms with Gasteiger partial charge in [0.05, 0.1) is 12.2 Å². The molecule has 0 radical (unpaired) electrons. The molecule has 0 spiro atoms. The van der Waals surface area contributed by atoms with Crippen LogP contribution in [0.5, 0.6) is 0 Å². The Morgan fingerprint density at radius 3 is 2.94 bits per heavy atom. The lowest BCUT2D eigenvalue weighted by atomic mass is 9.78. The summed E-state index contributed by atoms with van der Waals surface area (Å²) in [4.78, 5) is 0. The van der Waals surface area contributed by atoms with Crippen LogP contribution in [0.4, 0.5) is 4.39 Å². The molecule has 92 valence electrons. The second-order valence-electron chi connectivity index (χ2n) is 5.17. The molecule has 0 amide bonds. The number of hydrogen-bond acceptors (Lipinski definition) is 2. The normalized spacial score (nSPS) is 35.5. The summed E-state index contributed by atoms with van der Waals surface area (Å²) in [5, 5.41) is 0.582. The molecule has 2 saturated heterocycles. The zero-order valence-corrected chi connectivity index (χ0v) is 10.2. The highest BCUT2D eigenvalue weighted by molar-refractivity contribution is 6.31. The van der Waals surface area contributed by atoms with Crippen LogP contribution in [0, 0.1) is 5.82 Å². The first-order valence-electron chi connectivity index (χ1n) is 5.95. The summed E-state index contributed by atoms with van der Waals surface area (Å²) in [6.07, 6.45) is 3.94. The number of nitrogens with two attached hydrogens (primary N) is 1. The Kier molecular flexibility index (Phi) is 2.65. The minimum absolute atomic E-state index is 0.104. The summed E-state index contributed by atoms with van der Waals surface area (Å²) >= 11 is 6.08. The fourth-order valence-electron chi connectivity index (χ4n) is 3.05. The smallest absolute Gasteiger partial charge is 0.123 e. The molecule has 17 heavy (non-hydrogen) atoms. The quantitative estimate of drug-likeness (QED) is 0.882. The van der Waals surface area contributed by atoms with Gasteiger partial charge in [0.1, 0.15) is 5.82 Å². The topological polar surface area (TPSA) is 35.2 Å². The molecule has 0 saturated carbocycles. The van der Waals surface area contributed by atoms with Gasteiger partial charge in [-0.05, 0) is 49.4 Å². The zero-order valence-electron chi connectivity index (χ0n) is 9.46. The summed E-state index contributed by atoms with van der Waals surface area (Å²) in [5.74, 6) is -0.267. The first-order valence-corrected chi connectivity index (χ1v) is 6.33. The standard InChI is InChI=1S/C13H15ClFNO/c14-11-3-1-9(15)5-8(11)6-13(16)7-10-2-4-12(13)17-10/h1,3,5,10,12H,2,4,6-7,16H2. The third kappa shape index (κ3) is 1.96. The van der Waals surface area contributed by atoms with Crippen LogP contribution in [0.2, 0.25) is 5.02 Å². The van der Waals surface area contributed by atoms with Gasteiger partial charge in [0.2, 0.25) is 0 Å². The van der Waals surface area contributed by atoms with Crippen LogP contribution in [0.25, 0.3) is 0 Å². The predicted octanol–water partition coefficient (Wildman–Crippen LogP) is 2.67. The molecule has 1 aromatic rings. The zero-order chi connectivity index (χ0) is 12.0. The van der Waals surface area contributed by atoms with Crippen LogP contribution >= 0.6 is 11.6 Å². The van der Waals surface area contributed by atoms with Crippen LogP contribution in [0.1, 0.15) is 24.8 Å². The highest BCUT2D eigenvalue weighted by atomic mass is 35.5. The van der Waals surface area contributed by atoms with Gasteiger partial charge in [-0.25, -0.2) is 4.39 Å². The van der Waals surface area contributed by atoms with Gasteiger partial charge in [-0.3, -0.25) is 0 Å². The molecule has 1 aromatic carbocycles. The van der Waals surface area contributed by atoms with E-state index in [2.05, 4.69) is 0 Å². The van der Waals surface area contributed by atoms with Crippen LogP contribution in [-0.4, -0.2) is 17.7 Å². The fraction of sp³-hybridized carbons (Fsp3) is 0.538. The summed E-state index contributed by atoms with van der Waals surface area (Å²) < 4.78 is 19.0. The molecule has 2 fully saturated rings. The Bertz CT molecular complexity index is 453. The van der Waals surface area contributed by atoms with E-state index in [1.54, 1.807) is 6.07 Å². The van der Waals surface area contributed by atoms with Crippen LogP contribution in [0.3, 0.4) is 0 Å². The number of rotatable bonds is 2. The monoisotopic (exact) mass is 255 g/mol. The van der Waals surface area contributed by atoms with E-state index in [0.717, 1.165) is 24.8 Å². The highest BCUT2D eigenvalue weighted by Crippen LogP contribution is 2.42. The van der Waals surface area contributed by atoms with Gasteiger partial charge in [0, 0.05) is 10.6 Å². The van der Waals surface area contributed by atoms with E-state index < -0.39 is 0 Å². The maximum atomic E-state index is 13.2. The van der Waals surface area contributed by atoms with Crippen molar-refractivity contribution in [2.75, 3.05) is 0 Å². The molecular formula is C13H15ClFNO. The predicted molar refractivity (Wildman–Crippen MR) is 64.5 cm³/mol. The van der Waals surface area contributed by atoms with Crippen molar-refractivity contribution in [2.45, 2.75) is 43.4 Å². The maximum absolute atomic E-state index is 13.2. The van der Waals surface area contributed by atoms with E-state index in [0.29, 0.717) is 11.4 Å². The van der Waals surface area contributed by atoms with Gasteiger partial charge < -0.3 is 10.5 Å². The summed E-state index contributed by atoms with van der Waals surface area (Å²) in [5.41, 5.74) is 6.80. The first kappa shape index (κ1) is 11.5. The molecule has 2 nitrogen and oxygen atoms in total. The minimum atomic E-state index is -0.375. The van der Waals surface area contributed by atoms with E-state index in [4.69, 9.17) is 22.1 Å². The Labute approximate surface area is 105 Å². The largest absolute Gasteiger partial charge is 0.373 e. The van der Waals surface area contributed by atoms with Crippen molar-refractivity contribution in [3.05, 3.63) is 34.6 Å². The second-order valence-corrected chi connectivity index (χ2v) is 5.58. The SMILES string of the molecule is NC1(Cc2cc(F)ccc2Cl)CC2CCC1O2. The van der Waals surface area contributed by atoms with Crippen LogP contribution < -0.4 is 5.73 Å². The Balaban J connectivity index is 1.85. The third-order valence-electron chi connectivity index (χ3n) is 3.88. The van der Waals surface area contributed by atoms with E-state index >= 15 is 0 Å². The molecule has 2 aliphatic heterocycles. The van der Waals surface area contributed by atoms with E-state index in [9.17, 15) is 4.39 Å². The Hall–Kier alpha value is -0.640. The molecule has 2 aliphatic rings. The van der Waals surface area contributed by atoms with Crippen molar-refractivity contribution in [1.82, 2.24) is 0 Å². The second kappa shape index (κ2) is 3.94. The van der Waals surface area contributed by atoms with Gasteiger partial charge in [0.25, 0.3) is 0 Å². The highest BCUT2D eigenvalue weighted by Gasteiger charge is 2.49. The number of ether oxygens (including phenoxy) is 1. The van der Waals surface area contributed by atoms with Gasteiger partial charge >= 0.3 is 0 Å². The van der Waals surface area contributed by atoms with Crippen LogP contribution in [-0.2, 0) is 11.2 Å². The third-order valence-corrected chi connectivity index (χ3v) is 4.25. The molecule has 0 aromatic heterocycles. The lowest BCUT2D eigenvalue weighted by Gasteiger charge is -2.31. The number of halogens is 2. The summed E-state index contributed by atoms with van der Waals surface area (Å²) in [7, 11) is 0. The summed E-state index contributed by atoms with van der Waals surface area (Å²) in [6, 6.07) is 4.43. The number of hydrogen-bond donors (Lipinski definition) is 1. The summed E-state index contributed by atoms with van der Waals surface area (Å²) in [6.45, 7) is 0. The molecule has 2 heterocycles. The lowest BCUT2D eigenvalue weighted by Crippen LogP contribution is -2.50. The van der Waals surface area contributed by atoms with Crippen molar-refractivity contribution in [3.8, 4) is 0 Å². The van der Waals surface area contributed by atoms with Crippen molar-refractivity contribution in [2.24, 2.45) is 5.73 Å². The van der Waals surface area contributed by atoms with Gasteiger partial charge in [-0.15, -0.1) is 0 Å². The molecule has 3 rings (SSSR count). The van der Waals surface area contributed by atoms with Gasteiger partial charge in [-0.2, -0.15) is 0 Å². The molecule has 3 atom stereocenters. The van der Waals surface area contributed by atoms with Crippen molar-refractivity contribution in [1.29, 1.82) is 0 Å². The molecular weight excluding hydrogens is 241 g/mol. The van der Waals surface area contributed by atoms with Gasteiger partial charge in [0.15, 0.2) is 0 Å². The molecule has 2 bridgehead atoms. The van der Waals surface area contributed by atoms with Crippen molar-refractivity contribution in [3.63, 3.8) is 0 Å². The van der Waals surface area contributed by atoms with Crippen molar-refractivity contribution >= 4 is 11.6 Å². The van der Waals surface area contributed by atoms with Gasteiger partial charge in [-0.1, -0.05) is 11.6 Å². The average Bonchev–Trinajstić information content (AvgIpc) is 2.83. The average molecular weight is 256 g/mol. The number of benzene rings is 1. The lowest BCUT2D eigenvalue weighted by molar-refractivity contribution is 0.0856. The molecule has 0 aliphatic carbocycles. The van der Waals surface area contributed by atoms with Crippen LogP contribution in [0.15, 0.2) is 18.2 Å². The van der Waals surface area contributed by atoms with Crippen molar-refractivity contribution < 1.29 is 9.13 Å². The molecule has 3 unspecified atom stereocenters. The minimum Gasteiger partial charge on any atom is -0.373 e. The first-order chi connectivity index (χ1) is 8.07. The fourth-order valence-corrected chi connectivity index (χ4v) is 3.24. The van der Waals surface area contributed by atoms with E-state index in [1.165, 1.54) is 12.1 Å². The van der Waals surface area contributed by atoms with E-state index in [-0.39, 0.29) is 23.6 Å². The van der Waals surface area contributed by atoms with E-state index in [1.807, 2.05) is 0 Å².